The number of rotatable bonds is 6. The van der Waals surface area contributed by atoms with Crippen molar-refractivity contribution < 1.29 is 4.79 Å². The summed E-state index contributed by atoms with van der Waals surface area (Å²) in [6, 6.07) is 17.8. The molecule has 24 heavy (non-hydrogen) atoms. The lowest BCUT2D eigenvalue weighted by Gasteiger charge is -2.04. The van der Waals surface area contributed by atoms with Gasteiger partial charge < -0.3 is 4.57 Å². The Kier molecular flexibility index (Phi) is 5.11. The smallest absolute Gasteiger partial charge is 0.191 e. The molecule has 3 aromatic rings. The molecule has 0 unspecified atom stereocenters. The number of Topliss-reactive ketones (excluding diaryl/α,β-unsaturated/α-hetero) is 1. The van der Waals surface area contributed by atoms with Crippen molar-refractivity contribution in [3.8, 4) is 0 Å². The molecule has 0 aliphatic carbocycles. The lowest BCUT2D eigenvalue weighted by molar-refractivity contribution is 0.102. The normalized spacial score (nSPS) is 10.8. The molecule has 0 saturated heterocycles. The maximum Gasteiger partial charge on any atom is 0.191 e. The molecule has 1 heterocycles. The Hall–Kier alpha value is -2.40. The van der Waals surface area contributed by atoms with Gasteiger partial charge in [0.15, 0.2) is 10.9 Å². The highest BCUT2D eigenvalue weighted by atomic mass is 32.2. The van der Waals surface area contributed by atoms with Gasteiger partial charge in [0.1, 0.15) is 5.82 Å². The van der Waals surface area contributed by atoms with Crippen LogP contribution in [0.1, 0.15) is 27.3 Å². The van der Waals surface area contributed by atoms with Crippen LogP contribution in [0.5, 0.6) is 0 Å². The molecule has 0 radical (unpaired) electrons. The van der Waals surface area contributed by atoms with Crippen LogP contribution < -0.4 is 0 Å². The molecule has 0 aliphatic heterocycles. The number of thioether (sulfide) groups is 1. The molecule has 0 N–H and O–H groups in total. The number of benzene rings is 2. The Bertz CT molecular complexity index is 826. The van der Waals surface area contributed by atoms with Crippen molar-refractivity contribution >= 4 is 17.5 Å². The first-order valence-electron chi connectivity index (χ1n) is 7.78. The Labute approximate surface area is 145 Å². The van der Waals surface area contributed by atoms with Crippen LogP contribution in [0.15, 0.2) is 59.8 Å². The van der Waals surface area contributed by atoms with Gasteiger partial charge in [0.05, 0.1) is 5.75 Å². The number of hydrogen-bond donors (Lipinski definition) is 0. The number of hydrogen-bond acceptors (Lipinski definition) is 4. The number of ketones is 1. The molecule has 0 amide bonds. The van der Waals surface area contributed by atoms with Crippen molar-refractivity contribution in [2.75, 3.05) is 5.75 Å². The summed E-state index contributed by atoms with van der Waals surface area (Å²) in [4.78, 5) is 12.3. The fourth-order valence-electron chi connectivity index (χ4n) is 2.36. The van der Waals surface area contributed by atoms with Gasteiger partial charge >= 0.3 is 0 Å². The van der Waals surface area contributed by atoms with Crippen LogP contribution in [0.3, 0.4) is 0 Å². The molecule has 0 fully saturated rings. The van der Waals surface area contributed by atoms with E-state index in [2.05, 4.69) is 22.3 Å². The summed E-state index contributed by atoms with van der Waals surface area (Å²) in [5, 5.41) is 9.23. The fourth-order valence-corrected chi connectivity index (χ4v) is 3.18. The standard InChI is InChI=1S/C19H19N3OS/c1-14-8-10-16(11-9-14)17(23)13-24-19-21-20-18(22(19)2)12-15-6-4-3-5-7-15/h3-11H,12-13H2,1-2H3. The van der Waals surface area contributed by atoms with E-state index in [0.717, 1.165) is 28.5 Å². The summed E-state index contributed by atoms with van der Waals surface area (Å²) in [6.45, 7) is 2.01. The predicted octanol–water partition coefficient (Wildman–Crippen LogP) is 3.69. The highest BCUT2D eigenvalue weighted by Gasteiger charge is 2.13. The molecule has 5 heteroatoms. The maximum absolute atomic E-state index is 12.3. The summed E-state index contributed by atoms with van der Waals surface area (Å²) in [7, 11) is 1.94. The van der Waals surface area contributed by atoms with E-state index < -0.39 is 0 Å². The molecule has 3 rings (SSSR count). The second-order valence-electron chi connectivity index (χ2n) is 5.70. The van der Waals surface area contributed by atoms with Gasteiger partial charge in [-0.3, -0.25) is 4.79 Å². The van der Waals surface area contributed by atoms with Crippen LogP contribution in [0.4, 0.5) is 0 Å². The number of carbonyl (C=O) groups excluding carboxylic acids is 1. The Balaban J connectivity index is 1.64. The van der Waals surface area contributed by atoms with Crippen LogP contribution in [-0.2, 0) is 13.5 Å². The third kappa shape index (κ3) is 3.92. The van der Waals surface area contributed by atoms with E-state index in [4.69, 9.17) is 0 Å². The van der Waals surface area contributed by atoms with Gasteiger partial charge in [-0.15, -0.1) is 10.2 Å². The number of aryl methyl sites for hydroxylation is 1. The van der Waals surface area contributed by atoms with Crippen molar-refractivity contribution in [3.63, 3.8) is 0 Å². The molecular formula is C19H19N3OS. The van der Waals surface area contributed by atoms with E-state index in [0.29, 0.717) is 5.75 Å². The lowest BCUT2D eigenvalue weighted by Crippen LogP contribution is -2.04. The van der Waals surface area contributed by atoms with Crippen LogP contribution >= 0.6 is 11.8 Å². The zero-order valence-corrected chi connectivity index (χ0v) is 14.6. The lowest BCUT2D eigenvalue weighted by atomic mass is 10.1. The quantitative estimate of drug-likeness (QED) is 0.508. The van der Waals surface area contributed by atoms with Crippen LogP contribution in [0.2, 0.25) is 0 Å². The molecule has 0 bridgehead atoms. The monoisotopic (exact) mass is 337 g/mol. The molecule has 2 aromatic carbocycles. The molecule has 4 nitrogen and oxygen atoms in total. The average Bonchev–Trinajstić information content (AvgIpc) is 2.94. The largest absolute Gasteiger partial charge is 0.309 e. The second kappa shape index (κ2) is 7.45. The minimum Gasteiger partial charge on any atom is -0.309 e. The SMILES string of the molecule is Cc1ccc(C(=O)CSc2nnc(Cc3ccccc3)n2C)cc1. The minimum absolute atomic E-state index is 0.104. The number of carbonyl (C=O) groups is 1. The molecule has 122 valence electrons. The van der Waals surface area contributed by atoms with Crippen LogP contribution in [-0.4, -0.2) is 26.3 Å². The molecule has 0 saturated carbocycles. The number of nitrogens with zero attached hydrogens (tertiary/aromatic N) is 3. The Morgan fingerprint density at radius 2 is 1.75 bits per heavy atom. The highest BCUT2D eigenvalue weighted by molar-refractivity contribution is 7.99. The van der Waals surface area contributed by atoms with E-state index >= 15 is 0 Å². The van der Waals surface area contributed by atoms with Crippen molar-refractivity contribution in [1.82, 2.24) is 14.8 Å². The molecule has 0 atom stereocenters. The van der Waals surface area contributed by atoms with Crippen LogP contribution in [0.25, 0.3) is 0 Å². The zero-order chi connectivity index (χ0) is 16.9. The van der Waals surface area contributed by atoms with Gasteiger partial charge in [-0.2, -0.15) is 0 Å². The topological polar surface area (TPSA) is 47.8 Å². The van der Waals surface area contributed by atoms with E-state index in [1.807, 2.05) is 61.0 Å². The molecule has 0 aliphatic rings. The third-order valence-electron chi connectivity index (χ3n) is 3.84. The maximum atomic E-state index is 12.3. The highest BCUT2D eigenvalue weighted by Crippen LogP contribution is 2.19. The van der Waals surface area contributed by atoms with E-state index in [1.165, 1.54) is 17.3 Å². The summed E-state index contributed by atoms with van der Waals surface area (Å²) in [5.74, 6) is 1.36. The van der Waals surface area contributed by atoms with Gasteiger partial charge in [0.2, 0.25) is 0 Å². The van der Waals surface area contributed by atoms with E-state index in [9.17, 15) is 4.79 Å². The zero-order valence-electron chi connectivity index (χ0n) is 13.8. The average molecular weight is 337 g/mol. The second-order valence-corrected chi connectivity index (χ2v) is 6.64. The van der Waals surface area contributed by atoms with Crippen molar-refractivity contribution in [2.45, 2.75) is 18.5 Å². The van der Waals surface area contributed by atoms with Crippen molar-refractivity contribution in [2.24, 2.45) is 7.05 Å². The minimum atomic E-state index is 0.104. The molecular weight excluding hydrogens is 318 g/mol. The molecule has 1 aromatic heterocycles. The first-order chi connectivity index (χ1) is 11.6. The first kappa shape index (κ1) is 16.5. The van der Waals surface area contributed by atoms with E-state index in [1.54, 1.807) is 0 Å². The van der Waals surface area contributed by atoms with Crippen molar-refractivity contribution in [1.29, 1.82) is 0 Å². The first-order valence-corrected chi connectivity index (χ1v) is 8.77. The van der Waals surface area contributed by atoms with Gasteiger partial charge in [-0.25, -0.2) is 0 Å². The Morgan fingerprint density at radius 1 is 1.04 bits per heavy atom. The number of aromatic nitrogens is 3. The van der Waals surface area contributed by atoms with E-state index in [-0.39, 0.29) is 5.78 Å². The van der Waals surface area contributed by atoms with Gasteiger partial charge in [-0.1, -0.05) is 71.9 Å². The summed E-state index contributed by atoms with van der Waals surface area (Å²) >= 11 is 1.43. The van der Waals surface area contributed by atoms with Crippen molar-refractivity contribution in [3.05, 3.63) is 77.1 Å². The third-order valence-corrected chi connectivity index (χ3v) is 4.86. The summed E-state index contributed by atoms with van der Waals surface area (Å²) in [6.07, 6.45) is 0.733. The van der Waals surface area contributed by atoms with Crippen LogP contribution in [0, 0.1) is 6.92 Å². The van der Waals surface area contributed by atoms with Gasteiger partial charge in [0, 0.05) is 19.0 Å². The Morgan fingerprint density at radius 3 is 2.46 bits per heavy atom. The summed E-state index contributed by atoms with van der Waals surface area (Å²) < 4.78 is 1.96. The fraction of sp³-hybridized carbons (Fsp3) is 0.211. The molecule has 0 spiro atoms. The van der Waals surface area contributed by atoms with Gasteiger partial charge in [-0.05, 0) is 12.5 Å². The summed E-state index contributed by atoms with van der Waals surface area (Å²) in [5.41, 5.74) is 3.08. The predicted molar refractivity (Wildman–Crippen MR) is 96.5 cm³/mol. The van der Waals surface area contributed by atoms with Gasteiger partial charge in [0.25, 0.3) is 0 Å².